The quantitative estimate of drug-likeness (QED) is 0.262. The van der Waals surface area contributed by atoms with Gasteiger partial charge in [0.25, 0.3) is 5.91 Å². The molecule has 1 saturated carbocycles. The number of carbonyl (C=O) groups is 1. The van der Waals surface area contributed by atoms with Crippen LogP contribution in [0.3, 0.4) is 0 Å². The second-order valence-electron chi connectivity index (χ2n) is 9.91. The predicted octanol–water partition coefficient (Wildman–Crippen LogP) is 6.49. The van der Waals surface area contributed by atoms with Crippen LogP contribution in [0.2, 0.25) is 5.02 Å². The van der Waals surface area contributed by atoms with Crippen LogP contribution in [0.15, 0.2) is 48.6 Å². The van der Waals surface area contributed by atoms with Gasteiger partial charge in [0.1, 0.15) is 23.6 Å². The highest BCUT2D eigenvalue weighted by molar-refractivity contribution is 6.32. The molecule has 2 aliphatic rings. The zero-order valence-electron chi connectivity index (χ0n) is 22.0. The normalized spacial score (nSPS) is 16.2. The molecule has 5 rings (SSSR count). The summed E-state index contributed by atoms with van der Waals surface area (Å²) in [7, 11) is 0. The van der Waals surface area contributed by atoms with Gasteiger partial charge in [-0.2, -0.15) is 0 Å². The highest BCUT2D eigenvalue weighted by Crippen LogP contribution is 2.36. The lowest BCUT2D eigenvalue weighted by Gasteiger charge is -2.24. The maximum Gasteiger partial charge on any atom is 0.284 e. The molecule has 2 aromatic carbocycles. The molecule has 1 amide bonds. The van der Waals surface area contributed by atoms with E-state index in [-0.39, 0.29) is 0 Å². The molecule has 2 heterocycles. The number of anilines is 3. The largest absolute Gasteiger partial charge is 0.492 e. The summed E-state index contributed by atoms with van der Waals surface area (Å²) in [6.07, 6.45) is 8.56. The highest BCUT2D eigenvalue weighted by atomic mass is 35.5. The van der Waals surface area contributed by atoms with Crippen LogP contribution >= 0.6 is 11.6 Å². The van der Waals surface area contributed by atoms with E-state index >= 15 is 0 Å². The fourth-order valence-electron chi connectivity index (χ4n) is 4.51. The molecule has 0 spiro atoms. The van der Waals surface area contributed by atoms with E-state index in [1.54, 1.807) is 18.2 Å². The van der Waals surface area contributed by atoms with Crippen LogP contribution in [0.25, 0.3) is 10.9 Å². The summed E-state index contributed by atoms with van der Waals surface area (Å²) in [5.74, 6) is 0.510. The van der Waals surface area contributed by atoms with E-state index in [9.17, 15) is 9.18 Å². The maximum absolute atomic E-state index is 14.7. The fourth-order valence-corrected chi connectivity index (χ4v) is 4.74. The summed E-state index contributed by atoms with van der Waals surface area (Å²) < 4.78 is 26.3. The second kappa shape index (κ2) is 12.6. The van der Waals surface area contributed by atoms with Gasteiger partial charge in [0.15, 0.2) is 5.83 Å². The van der Waals surface area contributed by atoms with Crippen LogP contribution in [-0.4, -0.2) is 53.6 Å². The summed E-state index contributed by atoms with van der Waals surface area (Å²) >= 11 is 6.46. The molecule has 1 aliphatic carbocycles. The lowest BCUT2D eigenvalue weighted by atomic mass is 10.1. The van der Waals surface area contributed by atoms with Crippen molar-refractivity contribution >= 4 is 45.6 Å². The van der Waals surface area contributed by atoms with Crippen LogP contribution < -0.4 is 20.1 Å². The average molecular weight is 554 g/mol. The lowest BCUT2D eigenvalue weighted by Crippen LogP contribution is -2.30. The van der Waals surface area contributed by atoms with Crippen LogP contribution in [0.4, 0.5) is 21.6 Å². The van der Waals surface area contributed by atoms with Crippen molar-refractivity contribution in [2.75, 3.05) is 43.5 Å². The average Bonchev–Trinajstić information content (AvgIpc) is 3.77. The molecule has 206 valence electrons. The van der Waals surface area contributed by atoms with Crippen LogP contribution in [-0.2, 0) is 4.79 Å². The zero-order valence-corrected chi connectivity index (χ0v) is 22.8. The maximum atomic E-state index is 14.7. The zero-order chi connectivity index (χ0) is 27.2. The van der Waals surface area contributed by atoms with Gasteiger partial charge in [0.2, 0.25) is 0 Å². The van der Waals surface area contributed by atoms with Crippen LogP contribution in [0.5, 0.6) is 11.5 Å². The summed E-state index contributed by atoms with van der Waals surface area (Å²) in [5, 5.41) is 7.05. The molecule has 39 heavy (non-hydrogen) atoms. The molecule has 0 radical (unpaired) electrons. The van der Waals surface area contributed by atoms with Gasteiger partial charge in [-0.05, 0) is 82.0 Å². The van der Waals surface area contributed by atoms with Gasteiger partial charge >= 0.3 is 0 Å². The van der Waals surface area contributed by atoms with E-state index in [0.717, 1.165) is 25.9 Å². The number of benzene rings is 2. The summed E-state index contributed by atoms with van der Waals surface area (Å²) in [5.41, 5.74) is 1.64. The van der Waals surface area contributed by atoms with Gasteiger partial charge in [-0.15, -0.1) is 0 Å². The van der Waals surface area contributed by atoms with Crippen molar-refractivity contribution in [3.8, 4) is 11.5 Å². The van der Waals surface area contributed by atoms with Gasteiger partial charge in [-0.1, -0.05) is 18.0 Å². The minimum atomic E-state index is -0.829. The van der Waals surface area contributed by atoms with E-state index < -0.39 is 11.7 Å². The first-order valence-corrected chi connectivity index (χ1v) is 13.9. The first-order valence-electron chi connectivity index (χ1n) is 13.5. The number of amides is 1. The Hall–Kier alpha value is -3.43. The molecule has 2 fully saturated rings. The smallest absolute Gasteiger partial charge is 0.284 e. The van der Waals surface area contributed by atoms with Gasteiger partial charge < -0.3 is 20.1 Å². The number of likely N-dealkylation sites (tertiary alicyclic amines) is 1. The molecule has 3 aromatic rings. The number of carbonyl (C=O) groups excluding carboxylic acids is 1. The van der Waals surface area contributed by atoms with Crippen LogP contribution in [0, 0.1) is 5.92 Å². The van der Waals surface area contributed by atoms with Crippen molar-refractivity contribution in [3.63, 3.8) is 0 Å². The topological polar surface area (TPSA) is 88.6 Å². The van der Waals surface area contributed by atoms with E-state index in [0.29, 0.717) is 70.3 Å². The summed E-state index contributed by atoms with van der Waals surface area (Å²) in [6.45, 7) is 5.12. The van der Waals surface area contributed by atoms with Crippen LogP contribution in [0.1, 0.15) is 39.0 Å². The van der Waals surface area contributed by atoms with Gasteiger partial charge in [-0.25, -0.2) is 14.4 Å². The van der Waals surface area contributed by atoms with Crippen molar-refractivity contribution in [3.05, 3.63) is 53.6 Å². The Balaban J connectivity index is 1.35. The van der Waals surface area contributed by atoms with Crippen molar-refractivity contribution in [2.24, 2.45) is 5.92 Å². The van der Waals surface area contributed by atoms with E-state index in [1.807, 2.05) is 19.1 Å². The summed E-state index contributed by atoms with van der Waals surface area (Å²) in [4.78, 5) is 23.6. The van der Waals surface area contributed by atoms with Crippen molar-refractivity contribution in [1.29, 1.82) is 0 Å². The number of fused-ring (bicyclic) bond motifs is 1. The molecule has 0 bridgehead atoms. The second-order valence-corrected chi connectivity index (χ2v) is 10.3. The SMILES string of the molecule is CCOc1cc2ncnc(Nc3ccc(OCC4CC4)c(Cl)c3)c2cc1NC(=O)/C(F)=C/CN1CCCCC1. The molecule has 0 unspecified atom stereocenters. The number of hydrogen-bond donors (Lipinski definition) is 2. The Morgan fingerprint density at radius 3 is 2.69 bits per heavy atom. The number of ether oxygens (including phenoxy) is 2. The van der Waals surface area contributed by atoms with Gasteiger partial charge in [-0.3, -0.25) is 9.69 Å². The Morgan fingerprint density at radius 1 is 1.13 bits per heavy atom. The number of hydrogen-bond acceptors (Lipinski definition) is 7. The first kappa shape index (κ1) is 27.1. The predicted molar refractivity (Wildman–Crippen MR) is 152 cm³/mol. The molecular formula is C29H33ClFN5O3. The molecule has 8 nitrogen and oxygen atoms in total. The number of halogens is 2. The van der Waals surface area contributed by atoms with E-state index in [2.05, 4.69) is 25.5 Å². The van der Waals surface area contributed by atoms with Crippen molar-refractivity contribution in [2.45, 2.75) is 39.0 Å². The number of piperidine rings is 1. The molecule has 1 saturated heterocycles. The summed E-state index contributed by atoms with van der Waals surface area (Å²) in [6, 6.07) is 8.86. The minimum Gasteiger partial charge on any atom is -0.492 e. The van der Waals surface area contributed by atoms with E-state index in [1.165, 1.54) is 31.7 Å². The fraction of sp³-hybridized carbons (Fsp3) is 0.414. The molecule has 0 atom stereocenters. The molecular weight excluding hydrogens is 521 g/mol. The van der Waals surface area contributed by atoms with Gasteiger partial charge in [0.05, 0.1) is 29.4 Å². The third-order valence-corrected chi connectivity index (χ3v) is 7.14. The Labute approximate surface area is 232 Å². The number of nitrogens with zero attached hydrogens (tertiary/aromatic N) is 3. The number of rotatable bonds is 11. The van der Waals surface area contributed by atoms with Gasteiger partial charge in [0, 0.05) is 23.7 Å². The van der Waals surface area contributed by atoms with Crippen molar-refractivity contribution in [1.82, 2.24) is 14.9 Å². The highest BCUT2D eigenvalue weighted by Gasteiger charge is 2.22. The molecule has 2 N–H and O–H groups in total. The Bertz CT molecular complexity index is 1360. The third-order valence-electron chi connectivity index (χ3n) is 6.85. The van der Waals surface area contributed by atoms with Crippen molar-refractivity contribution < 1.29 is 18.7 Å². The standard InChI is InChI=1S/C29H33ClFN5O3/c1-2-38-27-16-24-21(15-25(27)35-29(37)23(31)10-13-36-11-4-3-5-12-36)28(33-18-32-24)34-20-8-9-26(22(30)14-20)39-17-19-6-7-19/h8-10,14-16,18-19H,2-7,11-13,17H2,1H3,(H,35,37)(H,32,33,34)/b23-10-. The molecule has 10 heteroatoms. The Morgan fingerprint density at radius 2 is 1.95 bits per heavy atom. The first-order chi connectivity index (χ1) is 19.0. The Kier molecular flexibility index (Phi) is 8.78. The number of nitrogens with one attached hydrogen (secondary N) is 2. The molecule has 1 aliphatic heterocycles. The lowest BCUT2D eigenvalue weighted by molar-refractivity contribution is -0.114. The monoisotopic (exact) mass is 553 g/mol. The molecule has 1 aromatic heterocycles. The number of aromatic nitrogens is 2. The van der Waals surface area contributed by atoms with E-state index in [4.69, 9.17) is 21.1 Å². The third kappa shape index (κ3) is 7.16. The minimum absolute atomic E-state index is 0.329.